The van der Waals surface area contributed by atoms with E-state index >= 15 is 0 Å². The van der Waals surface area contributed by atoms with Crippen LogP contribution in [0.15, 0.2) is 24.3 Å². The summed E-state index contributed by atoms with van der Waals surface area (Å²) in [6.45, 7) is 6.01. The van der Waals surface area contributed by atoms with Crippen LogP contribution in [0.2, 0.25) is 5.02 Å². The molecule has 0 fully saturated rings. The van der Waals surface area contributed by atoms with Gasteiger partial charge in [0.15, 0.2) is 5.69 Å². The minimum Gasteiger partial charge on any atom is -0.461 e. The number of carbonyl (C=O) groups excluding carboxylic acids is 1. The van der Waals surface area contributed by atoms with E-state index in [9.17, 15) is 4.79 Å². The topological polar surface area (TPSA) is 57.0 Å². The van der Waals surface area contributed by atoms with Crippen LogP contribution in [0.25, 0.3) is 11.3 Å². The molecule has 106 valence electrons. The van der Waals surface area contributed by atoms with E-state index in [0.29, 0.717) is 17.3 Å². The third-order valence-electron chi connectivity index (χ3n) is 2.77. The molecule has 0 atom stereocenters. The van der Waals surface area contributed by atoms with Crippen molar-refractivity contribution in [3.8, 4) is 11.3 Å². The highest BCUT2D eigenvalue weighted by molar-refractivity contribution is 6.30. The number of halogens is 1. The van der Waals surface area contributed by atoms with Crippen LogP contribution in [-0.2, 0) is 4.74 Å². The van der Waals surface area contributed by atoms with Crippen molar-refractivity contribution < 1.29 is 9.53 Å². The van der Waals surface area contributed by atoms with Gasteiger partial charge in [0.2, 0.25) is 0 Å². The molecule has 0 N–H and O–H groups in total. The third-order valence-corrected chi connectivity index (χ3v) is 3.02. The Labute approximate surface area is 122 Å². The minimum absolute atomic E-state index is 0.0800. The highest BCUT2D eigenvalue weighted by Gasteiger charge is 2.23. The summed E-state index contributed by atoms with van der Waals surface area (Å²) in [5.74, 6) is -0.468. The lowest BCUT2D eigenvalue weighted by molar-refractivity contribution is 0.0520. The molecule has 0 saturated carbocycles. The predicted octanol–water partition coefficient (Wildman–Crippen LogP) is 3.36. The van der Waals surface area contributed by atoms with Crippen LogP contribution >= 0.6 is 11.6 Å². The first-order chi connectivity index (χ1) is 9.54. The lowest BCUT2D eigenvalue weighted by Gasteiger charge is -2.11. The zero-order valence-corrected chi connectivity index (χ0v) is 12.4. The maximum Gasteiger partial charge on any atom is 0.361 e. The van der Waals surface area contributed by atoms with E-state index in [0.717, 1.165) is 5.56 Å². The number of benzene rings is 1. The van der Waals surface area contributed by atoms with Gasteiger partial charge in [-0.15, -0.1) is 5.10 Å². The summed E-state index contributed by atoms with van der Waals surface area (Å²) in [5, 5.41) is 8.65. The Bertz CT molecular complexity index is 605. The summed E-state index contributed by atoms with van der Waals surface area (Å²) in [6.07, 6.45) is 0. The molecule has 0 aliphatic heterocycles. The molecule has 6 heteroatoms. The van der Waals surface area contributed by atoms with E-state index in [1.165, 1.54) is 0 Å². The molecule has 0 spiro atoms. The Balaban J connectivity index is 2.55. The molecule has 0 aliphatic rings. The lowest BCUT2D eigenvalue weighted by Crippen LogP contribution is -2.09. The van der Waals surface area contributed by atoms with Gasteiger partial charge in [0.1, 0.15) is 5.69 Å². The third kappa shape index (κ3) is 2.82. The van der Waals surface area contributed by atoms with Crippen LogP contribution < -0.4 is 0 Å². The van der Waals surface area contributed by atoms with Gasteiger partial charge in [-0.1, -0.05) is 28.9 Å². The number of hydrogen-bond acceptors (Lipinski definition) is 4. The van der Waals surface area contributed by atoms with E-state index in [-0.39, 0.29) is 11.7 Å². The van der Waals surface area contributed by atoms with Crippen molar-refractivity contribution in [2.24, 2.45) is 0 Å². The van der Waals surface area contributed by atoms with Gasteiger partial charge in [-0.05, 0) is 32.9 Å². The zero-order chi connectivity index (χ0) is 14.7. The molecule has 0 bridgehead atoms. The molecule has 2 rings (SSSR count). The fourth-order valence-corrected chi connectivity index (χ4v) is 1.99. The van der Waals surface area contributed by atoms with Crippen LogP contribution in [-0.4, -0.2) is 27.6 Å². The molecule has 1 heterocycles. The average Bonchev–Trinajstić information content (AvgIpc) is 2.84. The summed E-state index contributed by atoms with van der Waals surface area (Å²) >= 11 is 5.90. The van der Waals surface area contributed by atoms with E-state index in [1.54, 1.807) is 23.7 Å². The SMILES string of the molecule is CCOC(=O)c1nnn(C(C)C)c1-c1ccc(Cl)cc1. The van der Waals surface area contributed by atoms with Gasteiger partial charge in [-0.2, -0.15) is 0 Å². The van der Waals surface area contributed by atoms with Crippen LogP contribution in [0.4, 0.5) is 0 Å². The zero-order valence-electron chi connectivity index (χ0n) is 11.6. The van der Waals surface area contributed by atoms with Crippen molar-refractivity contribution in [3.63, 3.8) is 0 Å². The first-order valence-corrected chi connectivity index (χ1v) is 6.80. The second-order valence-corrected chi connectivity index (χ2v) is 4.99. The lowest BCUT2D eigenvalue weighted by atomic mass is 10.1. The summed E-state index contributed by atoms with van der Waals surface area (Å²) in [4.78, 5) is 12.0. The van der Waals surface area contributed by atoms with E-state index < -0.39 is 5.97 Å². The van der Waals surface area contributed by atoms with Gasteiger partial charge in [0.05, 0.1) is 6.61 Å². The average molecular weight is 294 g/mol. The normalized spacial score (nSPS) is 10.8. The maximum atomic E-state index is 12.0. The smallest absolute Gasteiger partial charge is 0.361 e. The molecular formula is C14H16ClN3O2. The molecule has 1 aromatic carbocycles. The predicted molar refractivity (Wildman–Crippen MR) is 76.8 cm³/mol. The largest absolute Gasteiger partial charge is 0.461 e. The molecule has 0 saturated heterocycles. The second-order valence-electron chi connectivity index (χ2n) is 4.55. The highest BCUT2D eigenvalue weighted by Crippen LogP contribution is 2.26. The van der Waals surface area contributed by atoms with Crippen molar-refractivity contribution in [3.05, 3.63) is 35.0 Å². The quantitative estimate of drug-likeness (QED) is 0.811. The Morgan fingerprint density at radius 3 is 2.55 bits per heavy atom. The molecule has 0 unspecified atom stereocenters. The highest BCUT2D eigenvalue weighted by atomic mass is 35.5. The van der Waals surface area contributed by atoms with Gasteiger partial charge >= 0.3 is 5.97 Å². The molecule has 0 aliphatic carbocycles. The van der Waals surface area contributed by atoms with Crippen LogP contribution in [0.3, 0.4) is 0 Å². The molecule has 5 nitrogen and oxygen atoms in total. The Kier molecular flexibility index (Phi) is 4.39. The van der Waals surface area contributed by atoms with Gasteiger partial charge in [-0.25, -0.2) is 9.48 Å². The number of esters is 1. The van der Waals surface area contributed by atoms with Crippen molar-refractivity contribution in [2.45, 2.75) is 26.8 Å². The standard InChI is InChI=1S/C14H16ClN3O2/c1-4-20-14(19)12-13(18(9(2)3)17-16-12)10-5-7-11(15)8-6-10/h5-9H,4H2,1-3H3. The van der Waals surface area contributed by atoms with Crippen LogP contribution in [0.5, 0.6) is 0 Å². The molecule has 0 radical (unpaired) electrons. The van der Waals surface area contributed by atoms with Crippen molar-refractivity contribution in [1.82, 2.24) is 15.0 Å². The van der Waals surface area contributed by atoms with Crippen molar-refractivity contribution >= 4 is 17.6 Å². The molecule has 1 aromatic heterocycles. The van der Waals surface area contributed by atoms with Gasteiger partial charge in [0, 0.05) is 16.6 Å². The maximum absolute atomic E-state index is 12.0. The fourth-order valence-electron chi connectivity index (χ4n) is 1.87. The number of rotatable bonds is 4. The Morgan fingerprint density at radius 2 is 2.00 bits per heavy atom. The van der Waals surface area contributed by atoms with Crippen molar-refractivity contribution in [1.29, 1.82) is 0 Å². The summed E-state index contributed by atoms with van der Waals surface area (Å²) in [6, 6.07) is 7.29. The Hall–Kier alpha value is -1.88. The fraction of sp³-hybridized carbons (Fsp3) is 0.357. The first-order valence-electron chi connectivity index (χ1n) is 6.42. The summed E-state index contributed by atoms with van der Waals surface area (Å²) < 4.78 is 6.73. The van der Waals surface area contributed by atoms with Crippen molar-refractivity contribution in [2.75, 3.05) is 6.61 Å². The van der Waals surface area contributed by atoms with E-state index in [2.05, 4.69) is 10.3 Å². The summed E-state index contributed by atoms with van der Waals surface area (Å²) in [5.41, 5.74) is 1.70. The monoisotopic (exact) mass is 293 g/mol. The first kappa shape index (κ1) is 14.5. The minimum atomic E-state index is -0.468. The molecule has 20 heavy (non-hydrogen) atoms. The van der Waals surface area contributed by atoms with Crippen LogP contribution in [0, 0.1) is 0 Å². The van der Waals surface area contributed by atoms with Gasteiger partial charge < -0.3 is 4.74 Å². The summed E-state index contributed by atoms with van der Waals surface area (Å²) in [7, 11) is 0. The second kappa shape index (κ2) is 6.05. The number of ether oxygens (including phenoxy) is 1. The van der Waals surface area contributed by atoms with E-state index in [4.69, 9.17) is 16.3 Å². The van der Waals surface area contributed by atoms with Gasteiger partial charge in [-0.3, -0.25) is 0 Å². The van der Waals surface area contributed by atoms with E-state index in [1.807, 2.05) is 26.0 Å². The molecular weight excluding hydrogens is 278 g/mol. The number of carbonyl (C=O) groups is 1. The Morgan fingerprint density at radius 1 is 1.35 bits per heavy atom. The number of aromatic nitrogens is 3. The van der Waals surface area contributed by atoms with Gasteiger partial charge in [0.25, 0.3) is 0 Å². The number of nitrogens with zero attached hydrogens (tertiary/aromatic N) is 3. The molecule has 2 aromatic rings. The molecule has 0 amide bonds. The van der Waals surface area contributed by atoms with Crippen LogP contribution in [0.1, 0.15) is 37.3 Å². The number of hydrogen-bond donors (Lipinski definition) is 0.